The van der Waals surface area contributed by atoms with Crippen LogP contribution in [0.1, 0.15) is 19.1 Å². The number of nitrogens with zero attached hydrogens (tertiary/aromatic N) is 1. The molecular formula is C14H15ClN2O3. The first-order valence-corrected chi connectivity index (χ1v) is 6.73. The summed E-state index contributed by atoms with van der Waals surface area (Å²) in [4.78, 5) is 10.4. The molecule has 0 aliphatic rings. The SMILES string of the molecule is CCCNCc1ccc(-c2ccc(Cl)c([N+](=O)[O-])c2)o1. The Bertz CT molecular complexity index is 610. The summed E-state index contributed by atoms with van der Waals surface area (Å²) in [7, 11) is 0. The van der Waals surface area contributed by atoms with Crippen molar-refractivity contribution in [3.8, 4) is 11.3 Å². The number of nitro groups is 1. The molecule has 0 radical (unpaired) electrons. The Labute approximate surface area is 121 Å². The zero-order valence-electron chi connectivity index (χ0n) is 11.1. The van der Waals surface area contributed by atoms with Gasteiger partial charge in [0.25, 0.3) is 5.69 Å². The summed E-state index contributed by atoms with van der Waals surface area (Å²) in [6, 6.07) is 8.29. The van der Waals surface area contributed by atoms with Crippen molar-refractivity contribution >= 4 is 17.3 Å². The Balaban J connectivity index is 2.19. The van der Waals surface area contributed by atoms with E-state index in [1.54, 1.807) is 12.1 Å². The van der Waals surface area contributed by atoms with Gasteiger partial charge in [0.05, 0.1) is 11.5 Å². The Morgan fingerprint density at radius 1 is 1.35 bits per heavy atom. The monoisotopic (exact) mass is 294 g/mol. The Hall–Kier alpha value is -1.85. The Kier molecular flexibility index (Phi) is 4.76. The molecule has 0 bridgehead atoms. The number of rotatable bonds is 6. The number of hydrogen-bond donors (Lipinski definition) is 1. The van der Waals surface area contributed by atoms with Crippen molar-refractivity contribution in [1.82, 2.24) is 5.32 Å². The molecular weight excluding hydrogens is 280 g/mol. The first-order valence-electron chi connectivity index (χ1n) is 6.35. The molecule has 0 spiro atoms. The van der Waals surface area contributed by atoms with E-state index in [1.807, 2.05) is 6.07 Å². The molecule has 0 aliphatic heterocycles. The number of benzene rings is 1. The van der Waals surface area contributed by atoms with Crippen molar-refractivity contribution in [3.63, 3.8) is 0 Å². The van der Waals surface area contributed by atoms with Crippen LogP contribution in [0.2, 0.25) is 5.02 Å². The molecule has 1 N–H and O–H groups in total. The van der Waals surface area contributed by atoms with Crippen LogP contribution >= 0.6 is 11.6 Å². The second-order valence-electron chi connectivity index (χ2n) is 4.37. The van der Waals surface area contributed by atoms with Crippen LogP contribution in [-0.4, -0.2) is 11.5 Å². The van der Waals surface area contributed by atoms with Gasteiger partial charge in [-0.3, -0.25) is 10.1 Å². The molecule has 0 aliphatic carbocycles. The van der Waals surface area contributed by atoms with Gasteiger partial charge in [-0.1, -0.05) is 18.5 Å². The lowest BCUT2D eigenvalue weighted by molar-refractivity contribution is -0.384. The molecule has 1 heterocycles. The topological polar surface area (TPSA) is 68.3 Å². The lowest BCUT2D eigenvalue weighted by Crippen LogP contribution is -2.12. The van der Waals surface area contributed by atoms with Crippen LogP contribution in [0.15, 0.2) is 34.7 Å². The van der Waals surface area contributed by atoms with Crippen LogP contribution < -0.4 is 5.32 Å². The molecule has 0 atom stereocenters. The molecule has 0 saturated carbocycles. The highest BCUT2D eigenvalue weighted by Gasteiger charge is 2.15. The van der Waals surface area contributed by atoms with Crippen LogP contribution in [0.3, 0.4) is 0 Å². The maximum absolute atomic E-state index is 10.9. The van der Waals surface area contributed by atoms with E-state index in [1.165, 1.54) is 12.1 Å². The fourth-order valence-electron chi connectivity index (χ4n) is 1.82. The number of furan rings is 1. The summed E-state index contributed by atoms with van der Waals surface area (Å²) in [5, 5.41) is 14.2. The second kappa shape index (κ2) is 6.54. The number of hydrogen-bond acceptors (Lipinski definition) is 4. The molecule has 20 heavy (non-hydrogen) atoms. The van der Waals surface area contributed by atoms with Gasteiger partial charge < -0.3 is 9.73 Å². The molecule has 0 saturated heterocycles. The van der Waals surface area contributed by atoms with E-state index in [9.17, 15) is 10.1 Å². The molecule has 0 amide bonds. The van der Waals surface area contributed by atoms with Gasteiger partial charge in [-0.05, 0) is 37.2 Å². The predicted octanol–water partition coefficient (Wildman–Crippen LogP) is 4.01. The van der Waals surface area contributed by atoms with Crippen LogP contribution in [-0.2, 0) is 6.54 Å². The summed E-state index contributed by atoms with van der Waals surface area (Å²) in [5.74, 6) is 1.39. The second-order valence-corrected chi connectivity index (χ2v) is 4.77. The number of nitro benzene ring substituents is 1. The summed E-state index contributed by atoms with van der Waals surface area (Å²) in [6.45, 7) is 3.65. The van der Waals surface area contributed by atoms with Gasteiger partial charge in [0, 0.05) is 11.6 Å². The van der Waals surface area contributed by atoms with Gasteiger partial charge >= 0.3 is 0 Å². The van der Waals surface area contributed by atoms with Crippen molar-refractivity contribution in [2.75, 3.05) is 6.54 Å². The lowest BCUT2D eigenvalue weighted by Gasteiger charge is -2.01. The van der Waals surface area contributed by atoms with Gasteiger partial charge in [-0.25, -0.2) is 0 Å². The van der Waals surface area contributed by atoms with E-state index in [4.69, 9.17) is 16.0 Å². The van der Waals surface area contributed by atoms with E-state index in [0.29, 0.717) is 17.9 Å². The van der Waals surface area contributed by atoms with Crippen molar-refractivity contribution in [2.24, 2.45) is 0 Å². The van der Waals surface area contributed by atoms with Crippen LogP contribution in [0.5, 0.6) is 0 Å². The smallest absolute Gasteiger partial charge is 0.288 e. The van der Waals surface area contributed by atoms with Gasteiger partial charge in [-0.15, -0.1) is 0 Å². The average molecular weight is 295 g/mol. The highest BCUT2D eigenvalue weighted by Crippen LogP contribution is 2.31. The standard InChI is InChI=1S/C14H15ClN2O3/c1-2-7-16-9-11-4-6-14(20-11)10-3-5-12(15)13(8-10)17(18)19/h3-6,8,16H,2,7,9H2,1H3. The quantitative estimate of drug-likeness (QED) is 0.496. The van der Waals surface area contributed by atoms with Gasteiger partial charge in [0.1, 0.15) is 16.5 Å². The minimum atomic E-state index is -0.501. The molecule has 1 aromatic heterocycles. The van der Waals surface area contributed by atoms with E-state index in [2.05, 4.69) is 12.2 Å². The van der Waals surface area contributed by atoms with E-state index < -0.39 is 4.92 Å². The maximum Gasteiger partial charge on any atom is 0.288 e. The summed E-state index contributed by atoms with van der Waals surface area (Å²) >= 11 is 5.79. The molecule has 1 aromatic carbocycles. The van der Waals surface area contributed by atoms with Crippen molar-refractivity contribution in [2.45, 2.75) is 19.9 Å². The zero-order valence-corrected chi connectivity index (χ0v) is 11.8. The summed E-state index contributed by atoms with van der Waals surface area (Å²) < 4.78 is 5.66. The molecule has 2 rings (SSSR count). The Morgan fingerprint density at radius 3 is 2.85 bits per heavy atom. The molecule has 5 nitrogen and oxygen atoms in total. The number of nitrogens with one attached hydrogen (secondary N) is 1. The highest BCUT2D eigenvalue weighted by molar-refractivity contribution is 6.32. The predicted molar refractivity (Wildman–Crippen MR) is 77.8 cm³/mol. The van der Waals surface area contributed by atoms with Crippen molar-refractivity contribution in [1.29, 1.82) is 0 Å². The summed E-state index contributed by atoms with van der Waals surface area (Å²) in [5.41, 5.74) is 0.522. The zero-order chi connectivity index (χ0) is 14.5. The first-order chi connectivity index (χ1) is 9.61. The molecule has 0 unspecified atom stereocenters. The van der Waals surface area contributed by atoms with Crippen LogP contribution in [0, 0.1) is 10.1 Å². The van der Waals surface area contributed by atoms with Crippen LogP contribution in [0.4, 0.5) is 5.69 Å². The first kappa shape index (κ1) is 14.6. The normalized spacial score (nSPS) is 10.7. The highest BCUT2D eigenvalue weighted by atomic mass is 35.5. The van der Waals surface area contributed by atoms with Crippen molar-refractivity contribution in [3.05, 3.63) is 51.2 Å². The number of halogens is 1. The van der Waals surface area contributed by atoms with Gasteiger partial charge in [0.15, 0.2) is 0 Å². The van der Waals surface area contributed by atoms with Crippen LogP contribution in [0.25, 0.3) is 11.3 Å². The van der Waals surface area contributed by atoms with E-state index in [-0.39, 0.29) is 10.7 Å². The molecule has 2 aromatic rings. The third-order valence-electron chi connectivity index (χ3n) is 2.82. The van der Waals surface area contributed by atoms with Crippen molar-refractivity contribution < 1.29 is 9.34 Å². The minimum Gasteiger partial charge on any atom is -0.460 e. The lowest BCUT2D eigenvalue weighted by atomic mass is 10.1. The van der Waals surface area contributed by atoms with Gasteiger partial charge in [-0.2, -0.15) is 0 Å². The van der Waals surface area contributed by atoms with E-state index in [0.717, 1.165) is 18.7 Å². The molecule has 106 valence electrons. The fourth-order valence-corrected chi connectivity index (χ4v) is 2.01. The molecule has 0 fully saturated rings. The largest absolute Gasteiger partial charge is 0.460 e. The maximum atomic E-state index is 10.9. The van der Waals surface area contributed by atoms with Gasteiger partial charge in [0.2, 0.25) is 0 Å². The fraction of sp³-hybridized carbons (Fsp3) is 0.286. The molecule has 6 heteroatoms. The third kappa shape index (κ3) is 3.37. The third-order valence-corrected chi connectivity index (χ3v) is 3.13. The summed E-state index contributed by atoms with van der Waals surface area (Å²) in [6.07, 6.45) is 1.05. The van der Waals surface area contributed by atoms with E-state index >= 15 is 0 Å². The average Bonchev–Trinajstić information content (AvgIpc) is 2.88. The minimum absolute atomic E-state index is 0.119. The Morgan fingerprint density at radius 2 is 2.15 bits per heavy atom.